The first-order chi connectivity index (χ1) is 8.51. The summed E-state index contributed by atoms with van der Waals surface area (Å²) in [4.78, 5) is 25.5. The van der Waals surface area contributed by atoms with Gasteiger partial charge in [-0.15, -0.1) is 0 Å². The van der Waals surface area contributed by atoms with Crippen molar-refractivity contribution in [1.29, 1.82) is 0 Å². The third-order valence-electron chi connectivity index (χ3n) is 3.40. The van der Waals surface area contributed by atoms with Gasteiger partial charge in [-0.25, -0.2) is 4.79 Å². The number of carbonyl (C=O) groups is 2. The Morgan fingerprint density at radius 2 is 2.06 bits per heavy atom. The highest BCUT2D eigenvalue weighted by atomic mass is 16.5. The first-order valence-electron chi connectivity index (χ1n) is 6.19. The minimum Gasteiger partial charge on any atom is -0.453 e. The monoisotopic (exact) mass is 258 g/mol. The molecule has 2 amide bonds. The van der Waals surface area contributed by atoms with Gasteiger partial charge in [-0.1, -0.05) is 0 Å². The normalized spacial score (nSPS) is 22.4. The lowest BCUT2D eigenvalue weighted by atomic mass is 10.1. The molecule has 0 spiro atoms. The first-order valence-corrected chi connectivity index (χ1v) is 6.19. The number of amides is 2. The summed E-state index contributed by atoms with van der Waals surface area (Å²) in [5.74, 6) is -0.111. The summed E-state index contributed by atoms with van der Waals surface area (Å²) < 4.78 is 9.69. The zero-order chi connectivity index (χ0) is 13.7. The molecular formula is C12H22N2O4. The van der Waals surface area contributed by atoms with E-state index < -0.39 is 18.2 Å². The van der Waals surface area contributed by atoms with Crippen LogP contribution in [0.25, 0.3) is 0 Å². The Balaban J connectivity index is 2.75. The number of hydrogen-bond acceptors (Lipinski definition) is 4. The fourth-order valence-electron chi connectivity index (χ4n) is 2.14. The highest BCUT2D eigenvalue weighted by Gasteiger charge is 2.35. The first kappa shape index (κ1) is 14.8. The summed E-state index contributed by atoms with van der Waals surface area (Å²) in [5.41, 5.74) is 0. The predicted octanol–water partition coefficient (Wildman–Crippen LogP) is 0.757. The highest BCUT2D eigenvalue weighted by molar-refractivity contribution is 5.86. The van der Waals surface area contributed by atoms with Crippen LogP contribution in [0.5, 0.6) is 0 Å². The maximum Gasteiger partial charge on any atom is 0.407 e. The van der Waals surface area contributed by atoms with Crippen molar-refractivity contribution in [2.45, 2.75) is 44.9 Å². The van der Waals surface area contributed by atoms with Gasteiger partial charge in [0.2, 0.25) is 5.91 Å². The second-order valence-corrected chi connectivity index (χ2v) is 4.58. The lowest BCUT2D eigenvalue weighted by Gasteiger charge is -2.29. The second-order valence-electron chi connectivity index (χ2n) is 4.58. The smallest absolute Gasteiger partial charge is 0.407 e. The van der Waals surface area contributed by atoms with Crippen LogP contribution in [-0.2, 0) is 14.3 Å². The van der Waals surface area contributed by atoms with Gasteiger partial charge in [0.15, 0.2) is 0 Å². The summed E-state index contributed by atoms with van der Waals surface area (Å²) in [6, 6.07) is -0.494. The van der Waals surface area contributed by atoms with Gasteiger partial charge < -0.3 is 19.7 Å². The molecule has 1 aliphatic rings. The number of nitrogens with one attached hydrogen (secondary N) is 1. The SMILES string of the molecule is COC(=O)N[C@H](C(=O)N1CCCC1C)[C@H](C)OC. The molecule has 1 fully saturated rings. The molecule has 6 heteroatoms. The van der Waals surface area contributed by atoms with Crippen LogP contribution in [0.4, 0.5) is 4.79 Å². The molecule has 1 N–H and O–H groups in total. The molecule has 3 atom stereocenters. The molecule has 1 aliphatic heterocycles. The molecule has 0 bridgehead atoms. The van der Waals surface area contributed by atoms with Crippen LogP contribution in [0, 0.1) is 0 Å². The Bertz CT molecular complexity index is 308. The molecule has 0 aromatic carbocycles. The average Bonchev–Trinajstić information content (AvgIpc) is 2.80. The van der Waals surface area contributed by atoms with Gasteiger partial charge in [0.25, 0.3) is 0 Å². The molecule has 104 valence electrons. The minimum absolute atomic E-state index is 0.111. The van der Waals surface area contributed by atoms with Gasteiger partial charge in [-0.2, -0.15) is 0 Å². The summed E-state index contributed by atoms with van der Waals surface area (Å²) in [5, 5.41) is 2.54. The zero-order valence-electron chi connectivity index (χ0n) is 11.4. The Labute approximate surface area is 108 Å². The number of nitrogens with zero attached hydrogens (tertiary/aromatic N) is 1. The molecule has 1 rings (SSSR count). The molecule has 1 heterocycles. The molecule has 0 aromatic rings. The average molecular weight is 258 g/mol. The third kappa shape index (κ3) is 3.35. The molecule has 0 aliphatic carbocycles. The van der Waals surface area contributed by atoms with Gasteiger partial charge in [-0.3, -0.25) is 4.79 Å². The van der Waals surface area contributed by atoms with E-state index in [1.54, 1.807) is 11.8 Å². The van der Waals surface area contributed by atoms with Crippen LogP contribution in [0.3, 0.4) is 0 Å². The van der Waals surface area contributed by atoms with Crippen molar-refractivity contribution in [1.82, 2.24) is 10.2 Å². The van der Waals surface area contributed by atoms with Gasteiger partial charge in [0.05, 0.1) is 13.2 Å². The van der Waals surface area contributed by atoms with Crippen LogP contribution in [0.2, 0.25) is 0 Å². The molecule has 0 saturated carbocycles. The molecule has 1 unspecified atom stereocenters. The Morgan fingerprint density at radius 1 is 1.39 bits per heavy atom. The van der Waals surface area contributed by atoms with Crippen molar-refractivity contribution in [3.8, 4) is 0 Å². The van der Waals surface area contributed by atoms with Crippen molar-refractivity contribution < 1.29 is 19.1 Å². The van der Waals surface area contributed by atoms with Crippen molar-refractivity contribution in [2.75, 3.05) is 20.8 Å². The van der Waals surface area contributed by atoms with E-state index in [-0.39, 0.29) is 11.9 Å². The van der Waals surface area contributed by atoms with E-state index in [4.69, 9.17) is 4.74 Å². The van der Waals surface area contributed by atoms with E-state index in [0.29, 0.717) is 0 Å². The zero-order valence-corrected chi connectivity index (χ0v) is 11.4. The quantitative estimate of drug-likeness (QED) is 0.808. The van der Waals surface area contributed by atoms with E-state index in [2.05, 4.69) is 10.1 Å². The molecule has 6 nitrogen and oxygen atoms in total. The maximum atomic E-state index is 12.4. The van der Waals surface area contributed by atoms with Gasteiger partial charge >= 0.3 is 6.09 Å². The van der Waals surface area contributed by atoms with Crippen molar-refractivity contribution >= 4 is 12.0 Å². The van der Waals surface area contributed by atoms with E-state index in [9.17, 15) is 9.59 Å². The summed E-state index contributed by atoms with van der Waals surface area (Å²) in [7, 11) is 2.78. The second kappa shape index (κ2) is 6.58. The topological polar surface area (TPSA) is 67.9 Å². The van der Waals surface area contributed by atoms with E-state index in [0.717, 1.165) is 19.4 Å². The lowest BCUT2D eigenvalue weighted by Crippen LogP contribution is -2.54. The number of ether oxygens (including phenoxy) is 2. The van der Waals surface area contributed by atoms with Crippen LogP contribution in [0.15, 0.2) is 0 Å². The number of rotatable bonds is 4. The van der Waals surface area contributed by atoms with Crippen LogP contribution >= 0.6 is 0 Å². The van der Waals surface area contributed by atoms with Crippen molar-refractivity contribution in [3.05, 3.63) is 0 Å². The van der Waals surface area contributed by atoms with Crippen LogP contribution in [-0.4, -0.2) is 55.9 Å². The predicted molar refractivity (Wildman–Crippen MR) is 66.2 cm³/mol. The third-order valence-corrected chi connectivity index (χ3v) is 3.40. The van der Waals surface area contributed by atoms with E-state index >= 15 is 0 Å². The Morgan fingerprint density at radius 3 is 2.50 bits per heavy atom. The number of hydrogen-bond donors (Lipinski definition) is 1. The number of likely N-dealkylation sites (tertiary alicyclic amines) is 1. The Kier molecular flexibility index (Phi) is 5.40. The lowest BCUT2D eigenvalue weighted by molar-refractivity contribution is -0.137. The maximum absolute atomic E-state index is 12.4. The van der Waals surface area contributed by atoms with Crippen LogP contribution < -0.4 is 5.32 Å². The van der Waals surface area contributed by atoms with Gasteiger partial charge in [0, 0.05) is 19.7 Å². The van der Waals surface area contributed by atoms with E-state index in [1.165, 1.54) is 14.2 Å². The Hall–Kier alpha value is -1.30. The van der Waals surface area contributed by atoms with Crippen molar-refractivity contribution in [2.24, 2.45) is 0 Å². The summed E-state index contributed by atoms with van der Waals surface area (Å²) >= 11 is 0. The molecule has 0 aromatic heterocycles. The van der Waals surface area contributed by atoms with Crippen molar-refractivity contribution in [3.63, 3.8) is 0 Å². The molecule has 0 radical (unpaired) electrons. The molecular weight excluding hydrogens is 236 g/mol. The summed E-state index contributed by atoms with van der Waals surface area (Å²) in [6.45, 7) is 4.49. The van der Waals surface area contributed by atoms with E-state index in [1.807, 2.05) is 6.92 Å². The van der Waals surface area contributed by atoms with Crippen LogP contribution in [0.1, 0.15) is 26.7 Å². The van der Waals surface area contributed by atoms with Gasteiger partial charge in [-0.05, 0) is 26.7 Å². The molecule has 18 heavy (non-hydrogen) atoms. The summed E-state index contributed by atoms with van der Waals surface area (Å²) in [6.07, 6.45) is 0.977. The minimum atomic E-state index is -0.706. The fourth-order valence-corrected chi connectivity index (χ4v) is 2.14. The highest BCUT2D eigenvalue weighted by Crippen LogP contribution is 2.18. The molecule has 1 saturated heterocycles. The van der Waals surface area contributed by atoms with Gasteiger partial charge in [0.1, 0.15) is 6.04 Å². The standard InChI is InChI=1S/C12H22N2O4/c1-8-6-5-7-14(8)11(15)10(9(2)17-3)13-12(16)18-4/h8-10H,5-7H2,1-4H3,(H,13,16)/t8?,9-,10-/m0/s1. The largest absolute Gasteiger partial charge is 0.453 e. The number of methoxy groups -OCH3 is 2. The number of carbonyl (C=O) groups excluding carboxylic acids is 2. The fraction of sp³-hybridized carbons (Fsp3) is 0.833. The number of alkyl carbamates (subject to hydrolysis) is 1.